The van der Waals surface area contributed by atoms with Crippen molar-refractivity contribution in [3.8, 4) is 0 Å². The van der Waals surface area contributed by atoms with E-state index in [4.69, 9.17) is 23.3 Å². The molecule has 0 saturated heterocycles. The highest BCUT2D eigenvalue weighted by Crippen LogP contribution is 2.43. The Morgan fingerprint density at radius 3 is 1.12 bits per heavy atom. The highest BCUT2D eigenvalue weighted by Gasteiger charge is 2.28. The summed E-state index contributed by atoms with van der Waals surface area (Å²) >= 11 is 0. The number of allylic oxidation sites excluding steroid dienone is 13. The predicted octanol–water partition coefficient (Wildman–Crippen LogP) is 19.0. The number of phosphoric ester groups is 1. The fourth-order valence-corrected chi connectivity index (χ4v) is 9.36. The van der Waals surface area contributed by atoms with Crippen LogP contribution in [0, 0.1) is 0 Å². The van der Waals surface area contributed by atoms with E-state index in [1.807, 2.05) is 12.2 Å². The van der Waals surface area contributed by atoms with Gasteiger partial charge in [-0.1, -0.05) is 266 Å². The van der Waals surface area contributed by atoms with Gasteiger partial charge in [-0.3, -0.25) is 23.4 Å². The van der Waals surface area contributed by atoms with Gasteiger partial charge < -0.3 is 24.2 Å². The lowest BCUT2D eigenvalue weighted by Crippen LogP contribution is -2.30. The molecule has 0 fully saturated rings. The van der Waals surface area contributed by atoms with E-state index in [2.05, 4.69) is 87.6 Å². The fourth-order valence-electron chi connectivity index (χ4n) is 8.58. The van der Waals surface area contributed by atoms with Gasteiger partial charge in [-0.15, -0.1) is 0 Å². The molecule has 0 heterocycles. The zero-order valence-corrected chi connectivity index (χ0v) is 50.8. The second-order valence-corrected chi connectivity index (χ2v) is 22.3. The fraction of sp³-hybridized carbons (Fsp3) is 0.742. The summed E-state index contributed by atoms with van der Waals surface area (Å²) in [6.07, 6.45) is 69.9. The molecule has 0 saturated carbocycles. The molecule has 0 aliphatic rings. The Labute approximate surface area is 477 Å². The Balaban J connectivity index is 4.76. The van der Waals surface area contributed by atoms with Crippen molar-refractivity contribution in [2.45, 2.75) is 290 Å². The molecule has 0 aliphatic heterocycles. The quantitative estimate of drug-likeness (QED) is 0.0197. The van der Waals surface area contributed by atoms with Crippen LogP contribution >= 0.6 is 7.82 Å². The van der Waals surface area contributed by atoms with Gasteiger partial charge >= 0.3 is 25.7 Å². The number of aliphatic hydroxyl groups excluding tert-OH is 1. The minimum atomic E-state index is -4.77. The zero-order valence-electron chi connectivity index (χ0n) is 49.9. The van der Waals surface area contributed by atoms with Crippen molar-refractivity contribution >= 4 is 25.7 Å². The van der Waals surface area contributed by atoms with Gasteiger partial charge in [0, 0.05) is 12.8 Å². The monoisotopic (exact) mass is 1110 g/mol. The standard InChI is InChI=1S/C66H115O11P/c1-4-7-10-13-16-19-22-25-28-30-31-33-36-39-42-45-48-51-54-57-66(70)77-63(59-73-64(68)55-52-49-46-43-40-37-34-27-24-21-18-15-12-9-6-3)61-75-78(71,72)74-60-62(58-67)76-65(69)56-53-50-47-44-41-38-35-32-29-26-23-20-17-14-11-8-5-2/h9,12,16,18-19,21,25,27-28,34,40,43,49,52,62-63,67H,4-8,10-11,13-15,17,20,22-24,26,29-33,35-39,41-42,44-48,50-51,53-61H2,1-3H3,(H,71,72)/b12-9-,19-16-,21-18-,28-25-,34-27-,43-40-,52-49-. The van der Waals surface area contributed by atoms with Gasteiger partial charge in [0.2, 0.25) is 0 Å². The first-order valence-electron chi connectivity index (χ1n) is 31.5. The summed E-state index contributed by atoms with van der Waals surface area (Å²) in [5.74, 6) is -1.61. The molecule has 12 heteroatoms. The van der Waals surface area contributed by atoms with Gasteiger partial charge in [-0.25, -0.2) is 4.57 Å². The summed E-state index contributed by atoms with van der Waals surface area (Å²) in [5.41, 5.74) is 0. The number of carbonyl (C=O) groups excluding carboxylic acids is 3. The van der Waals surface area contributed by atoms with Gasteiger partial charge in [-0.05, 0) is 77.0 Å². The van der Waals surface area contributed by atoms with Crippen LogP contribution in [-0.4, -0.2) is 66.5 Å². The number of carbonyl (C=O) groups is 3. The number of hydrogen-bond acceptors (Lipinski definition) is 10. The first kappa shape index (κ1) is 74.7. The van der Waals surface area contributed by atoms with Crippen molar-refractivity contribution in [3.63, 3.8) is 0 Å². The number of rotatable bonds is 58. The second-order valence-electron chi connectivity index (χ2n) is 20.9. The van der Waals surface area contributed by atoms with Crippen LogP contribution in [0.4, 0.5) is 0 Å². The van der Waals surface area contributed by atoms with Crippen molar-refractivity contribution in [3.05, 3.63) is 85.1 Å². The Morgan fingerprint density at radius 1 is 0.385 bits per heavy atom. The van der Waals surface area contributed by atoms with Crippen LogP contribution in [0.15, 0.2) is 85.1 Å². The molecule has 3 unspecified atom stereocenters. The molecule has 0 aliphatic carbocycles. The van der Waals surface area contributed by atoms with Crippen LogP contribution in [0.5, 0.6) is 0 Å². The molecule has 11 nitrogen and oxygen atoms in total. The molecule has 0 spiro atoms. The lowest BCUT2D eigenvalue weighted by atomic mass is 10.0. The van der Waals surface area contributed by atoms with E-state index in [1.54, 1.807) is 6.08 Å². The summed E-state index contributed by atoms with van der Waals surface area (Å²) in [5, 5.41) is 9.85. The van der Waals surface area contributed by atoms with Crippen LogP contribution in [0.3, 0.4) is 0 Å². The summed E-state index contributed by atoms with van der Waals surface area (Å²) in [6.45, 7) is 4.43. The largest absolute Gasteiger partial charge is 0.472 e. The third-order valence-electron chi connectivity index (χ3n) is 13.3. The number of esters is 3. The molecule has 2 N–H and O–H groups in total. The van der Waals surface area contributed by atoms with E-state index < -0.39 is 64.4 Å². The third kappa shape index (κ3) is 57.3. The second kappa shape index (κ2) is 59.8. The van der Waals surface area contributed by atoms with Crippen LogP contribution < -0.4 is 0 Å². The summed E-state index contributed by atoms with van der Waals surface area (Å²) in [7, 11) is -4.77. The SMILES string of the molecule is CC/C=C\C/C=C\C/C=C\C/C=C\C/C=C\CC(=O)OCC(COP(=O)(O)OCC(CO)OC(=O)CCCCCCCCCCCCCCCCCCC)OC(=O)CCCCCCCCCCC/C=C\C/C=C\CCCCC. The van der Waals surface area contributed by atoms with E-state index in [0.29, 0.717) is 19.3 Å². The minimum absolute atomic E-state index is 0.00780. The minimum Gasteiger partial charge on any atom is -0.461 e. The van der Waals surface area contributed by atoms with Crippen molar-refractivity contribution in [2.24, 2.45) is 0 Å². The van der Waals surface area contributed by atoms with E-state index in [-0.39, 0.29) is 19.3 Å². The average molecular weight is 1120 g/mol. The Hall–Kier alpha value is -3.34. The Bertz CT molecular complexity index is 1630. The van der Waals surface area contributed by atoms with Gasteiger partial charge in [0.25, 0.3) is 0 Å². The van der Waals surface area contributed by atoms with Crippen molar-refractivity contribution in [1.29, 1.82) is 0 Å². The number of ether oxygens (including phenoxy) is 3. The number of unbranched alkanes of at least 4 members (excludes halogenated alkanes) is 28. The number of phosphoric acid groups is 1. The van der Waals surface area contributed by atoms with Gasteiger partial charge in [0.15, 0.2) is 6.10 Å². The normalized spacial score (nSPS) is 13.9. The zero-order chi connectivity index (χ0) is 56.9. The molecule has 78 heavy (non-hydrogen) atoms. The molecule has 450 valence electrons. The summed E-state index contributed by atoms with van der Waals surface area (Å²) in [6, 6.07) is 0. The maximum absolute atomic E-state index is 12.9. The highest BCUT2D eigenvalue weighted by atomic mass is 31.2. The Kier molecular flexibility index (Phi) is 57.2. The molecule has 3 atom stereocenters. The molecule has 0 aromatic carbocycles. The molecule has 0 aromatic heterocycles. The van der Waals surface area contributed by atoms with Gasteiger partial charge in [0.1, 0.15) is 12.7 Å². The molecule has 0 rings (SSSR count). The lowest BCUT2D eigenvalue weighted by molar-refractivity contribution is -0.161. The third-order valence-corrected chi connectivity index (χ3v) is 14.3. The predicted molar refractivity (Wildman–Crippen MR) is 325 cm³/mol. The van der Waals surface area contributed by atoms with Crippen molar-refractivity contribution in [1.82, 2.24) is 0 Å². The molecule has 0 aromatic rings. The van der Waals surface area contributed by atoms with E-state index in [9.17, 15) is 28.9 Å². The summed E-state index contributed by atoms with van der Waals surface area (Å²) in [4.78, 5) is 48.6. The first-order chi connectivity index (χ1) is 38.2. The van der Waals surface area contributed by atoms with Crippen LogP contribution in [-0.2, 0) is 42.2 Å². The van der Waals surface area contributed by atoms with Crippen molar-refractivity contribution in [2.75, 3.05) is 26.4 Å². The van der Waals surface area contributed by atoms with Gasteiger partial charge in [-0.2, -0.15) is 0 Å². The summed E-state index contributed by atoms with van der Waals surface area (Å²) < 4.78 is 39.5. The topological polar surface area (TPSA) is 155 Å². The lowest BCUT2D eigenvalue weighted by Gasteiger charge is -2.21. The van der Waals surface area contributed by atoms with E-state index in [1.165, 1.54) is 135 Å². The molecular formula is C66H115O11P. The van der Waals surface area contributed by atoms with E-state index in [0.717, 1.165) is 83.5 Å². The molecule has 0 amide bonds. The Morgan fingerprint density at radius 2 is 0.705 bits per heavy atom. The highest BCUT2D eigenvalue weighted by molar-refractivity contribution is 7.47. The van der Waals surface area contributed by atoms with Crippen LogP contribution in [0.25, 0.3) is 0 Å². The van der Waals surface area contributed by atoms with E-state index >= 15 is 0 Å². The maximum atomic E-state index is 12.9. The number of aliphatic hydroxyl groups is 1. The van der Waals surface area contributed by atoms with Crippen molar-refractivity contribution < 1.29 is 52.2 Å². The van der Waals surface area contributed by atoms with Crippen LogP contribution in [0.1, 0.15) is 278 Å². The van der Waals surface area contributed by atoms with Gasteiger partial charge in [0.05, 0.1) is 26.2 Å². The number of hydrogen-bond donors (Lipinski definition) is 2. The molecule has 0 bridgehead atoms. The maximum Gasteiger partial charge on any atom is 0.472 e. The molecular weight excluding hydrogens is 1000 g/mol. The first-order valence-corrected chi connectivity index (χ1v) is 33.0. The smallest absolute Gasteiger partial charge is 0.461 e. The molecule has 0 radical (unpaired) electrons. The van der Waals surface area contributed by atoms with Crippen LogP contribution in [0.2, 0.25) is 0 Å². The average Bonchev–Trinajstić information content (AvgIpc) is 3.43.